The Hall–Kier alpha value is -1.42. The zero-order valence-electron chi connectivity index (χ0n) is 13.2. The Bertz CT molecular complexity index is 62.8. The fourth-order valence-electron chi connectivity index (χ4n) is 0.204. The molecule has 0 unspecified atom stereocenters. The number of rotatable bonds is 3. The van der Waals surface area contributed by atoms with Crippen molar-refractivity contribution in [3.63, 3.8) is 0 Å². The van der Waals surface area contributed by atoms with Crippen LogP contribution in [0.15, 0.2) is 65.8 Å². The lowest BCUT2D eigenvalue weighted by molar-refractivity contribution is 0.186. The molecule has 0 radical (unpaired) electrons. The summed E-state index contributed by atoms with van der Waals surface area (Å²) in [6.07, 6.45) is 1.12. The van der Waals surface area contributed by atoms with Crippen molar-refractivity contribution in [2.75, 3.05) is 26.9 Å². The van der Waals surface area contributed by atoms with Gasteiger partial charge < -0.3 is 14.9 Å². The van der Waals surface area contributed by atoms with Crippen LogP contribution in [0, 0.1) is 0 Å². The third-order valence-corrected chi connectivity index (χ3v) is 0.508. The summed E-state index contributed by atoms with van der Waals surface area (Å²) < 4.78 is 4.69. The first-order chi connectivity index (χ1) is 9.33. The predicted octanol–water partition coefficient (Wildman–Crippen LogP) is 4.02. The van der Waals surface area contributed by atoms with E-state index in [9.17, 15) is 0 Å². The van der Waals surface area contributed by atoms with Crippen LogP contribution in [0.5, 0.6) is 0 Å². The molecule has 0 amide bonds. The van der Waals surface area contributed by atoms with Crippen LogP contribution in [0.25, 0.3) is 0 Å². The van der Waals surface area contributed by atoms with Crippen LogP contribution in [-0.2, 0) is 4.74 Å². The van der Waals surface area contributed by atoms with E-state index in [2.05, 4.69) is 72.7 Å². The SMILES string of the molecule is C=C.C=C.C=C.C=C.C=C.CCCOC.OCCO. The van der Waals surface area contributed by atoms with Crippen molar-refractivity contribution in [3.05, 3.63) is 65.8 Å². The first-order valence-electron chi connectivity index (χ1n) is 5.54. The summed E-state index contributed by atoms with van der Waals surface area (Å²) in [4.78, 5) is 0. The predicted molar refractivity (Wildman–Crippen MR) is 92.6 cm³/mol. The normalized spacial score (nSPS) is 4.84. The minimum absolute atomic E-state index is 0.125. The molecule has 0 rings (SSSR count). The van der Waals surface area contributed by atoms with Gasteiger partial charge in [-0.3, -0.25) is 0 Å². The molecular weight excluding hydrogens is 240 g/mol. The van der Waals surface area contributed by atoms with Gasteiger partial charge in [0.1, 0.15) is 0 Å². The number of hydrogen-bond donors (Lipinski definition) is 2. The highest BCUT2D eigenvalue weighted by Gasteiger charge is 1.66. The lowest BCUT2D eigenvalue weighted by atomic mass is 10.5. The van der Waals surface area contributed by atoms with Crippen molar-refractivity contribution in [2.45, 2.75) is 13.3 Å². The molecule has 3 nitrogen and oxygen atoms in total. The minimum Gasteiger partial charge on any atom is -0.394 e. The molecule has 0 aromatic heterocycles. The van der Waals surface area contributed by atoms with Gasteiger partial charge in [-0.15, -0.1) is 65.8 Å². The van der Waals surface area contributed by atoms with Crippen LogP contribution in [0.2, 0.25) is 0 Å². The largest absolute Gasteiger partial charge is 0.394 e. The molecule has 0 heterocycles. The van der Waals surface area contributed by atoms with Gasteiger partial charge in [-0.2, -0.15) is 0 Å². The van der Waals surface area contributed by atoms with Crippen molar-refractivity contribution < 1.29 is 14.9 Å². The summed E-state index contributed by atoms with van der Waals surface area (Å²) in [5.41, 5.74) is 0. The second-order valence-electron chi connectivity index (χ2n) is 1.44. The topological polar surface area (TPSA) is 49.7 Å². The van der Waals surface area contributed by atoms with Crippen molar-refractivity contribution in [1.29, 1.82) is 0 Å². The second kappa shape index (κ2) is 314. The summed E-state index contributed by atoms with van der Waals surface area (Å²) >= 11 is 0. The van der Waals surface area contributed by atoms with Gasteiger partial charge in [0.15, 0.2) is 0 Å². The van der Waals surface area contributed by atoms with Gasteiger partial charge in [0.2, 0.25) is 0 Å². The monoisotopic (exact) mass is 276 g/mol. The first-order valence-corrected chi connectivity index (χ1v) is 5.54. The average molecular weight is 276 g/mol. The average Bonchev–Trinajstić information content (AvgIpc) is 2.58. The molecule has 3 heteroatoms. The maximum atomic E-state index is 7.62. The molecule has 118 valence electrons. The molecular formula is C16H36O3. The molecule has 2 N–H and O–H groups in total. The quantitative estimate of drug-likeness (QED) is 0.765. The number of methoxy groups -OCH3 is 1. The first kappa shape index (κ1) is 43.2. The van der Waals surface area contributed by atoms with Gasteiger partial charge >= 0.3 is 0 Å². The molecule has 19 heavy (non-hydrogen) atoms. The van der Waals surface area contributed by atoms with Crippen LogP contribution in [0.4, 0.5) is 0 Å². The zero-order valence-corrected chi connectivity index (χ0v) is 13.2. The molecule has 0 atom stereocenters. The van der Waals surface area contributed by atoms with Crippen LogP contribution >= 0.6 is 0 Å². The van der Waals surface area contributed by atoms with Crippen molar-refractivity contribution in [1.82, 2.24) is 0 Å². The van der Waals surface area contributed by atoms with E-state index in [1.54, 1.807) is 7.11 Å². The molecule has 0 spiro atoms. The summed E-state index contributed by atoms with van der Waals surface area (Å²) in [6, 6.07) is 0. The van der Waals surface area contributed by atoms with Gasteiger partial charge in [0, 0.05) is 13.7 Å². The van der Waals surface area contributed by atoms with Gasteiger partial charge in [-0.05, 0) is 6.42 Å². The number of aliphatic hydroxyl groups is 2. The van der Waals surface area contributed by atoms with Gasteiger partial charge in [-0.1, -0.05) is 6.92 Å². The molecule has 0 fully saturated rings. The molecule has 0 saturated heterocycles. The summed E-state index contributed by atoms with van der Waals surface area (Å²) in [7, 11) is 1.71. The van der Waals surface area contributed by atoms with E-state index in [0.717, 1.165) is 13.0 Å². The third-order valence-electron chi connectivity index (χ3n) is 0.508. The highest BCUT2D eigenvalue weighted by molar-refractivity contribution is 4.23. The molecule has 0 aromatic carbocycles. The van der Waals surface area contributed by atoms with E-state index in [4.69, 9.17) is 14.9 Å². The van der Waals surface area contributed by atoms with Gasteiger partial charge in [0.25, 0.3) is 0 Å². The Morgan fingerprint density at radius 2 is 0.895 bits per heavy atom. The van der Waals surface area contributed by atoms with Crippen LogP contribution in [-0.4, -0.2) is 37.1 Å². The van der Waals surface area contributed by atoms with E-state index in [0.29, 0.717) is 0 Å². The van der Waals surface area contributed by atoms with E-state index in [-0.39, 0.29) is 13.2 Å². The highest BCUT2D eigenvalue weighted by Crippen LogP contribution is 1.70. The maximum Gasteiger partial charge on any atom is 0.0662 e. The molecule has 0 saturated carbocycles. The van der Waals surface area contributed by atoms with E-state index in [1.807, 2.05) is 0 Å². The van der Waals surface area contributed by atoms with Crippen molar-refractivity contribution in [3.8, 4) is 0 Å². The number of ether oxygens (including phenoxy) is 1. The van der Waals surface area contributed by atoms with Crippen molar-refractivity contribution in [2.24, 2.45) is 0 Å². The molecule has 0 aliphatic rings. The molecule has 0 bridgehead atoms. The Labute approximate surface area is 122 Å². The number of aliphatic hydroxyl groups excluding tert-OH is 2. The lowest BCUT2D eigenvalue weighted by Gasteiger charge is -1.84. The fraction of sp³-hybridized carbons (Fsp3) is 0.375. The minimum atomic E-state index is -0.125. The molecule has 0 aliphatic heterocycles. The second-order valence-corrected chi connectivity index (χ2v) is 1.44. The van der Waals surface area contributed by atoms with Crippen LogP contribution in [0.1, 0.15) is 13.3 Å². The standard InChI is InChI=1S/C4H10O.C2H6O2.5C2H4/c1-3-4-5-2;3-1-2-4;5*1-2/h3-4H2,1-2H3;3-4H,1-2H2;5*1-2H2. The van der Waals surface area contributed by atoms with E-state index in [1.165, 1.54) is 0 Å². The zero-order chi connectivity index (χ0) is 17.5. The third kappa shape index (κ3) is 1410. The Kier molecular flexibility index (Phi) is 714. The van der Waals surface area contributed by atoms with E-state index < -0.39 is 0 Å². The van der Waals surface area contributed by atoms with Gasteiger partial charge in [-0.25, -0.2) is 0 Å². The fourth-order valence-corrected chi connectivity index (χ4v) is 0.204. The smallest absolute Gasteiger partial charge is 0.0662 e. The Morgan fingerprint density at radius 1 is 0.684 bits per heavy atom. The molecule has 0 aromatic rings. The maximum absolute atomic E-state index is 7.62. The van der Waals surface area contributed by atoms with Crippen LogP contribution < -0.4 is 0 Å². The Balaban J connectivity index is -0.0000000187. The van der Waals surface area contributed by atoms with Gasteiger partial charge in [0.05, 0.1) is 13.2 Å². The lowest BCUT2D eigenvalue weighted by Crippen LogP contribution is -1.85. The number of hydrogen-bond acceptors (Lipinski definition) is 3. The highest BCUT2D eigenvalue weighted by atomic mass is 16.5. The summed E-state index contributed by atoms with van der Waals surface area (Å²) in [6.45, 7) is 32.7. The van der Waals surface area contributed by atoms with E-state index >= 15 is 0 Å². The molecule has 0 aliphatic carbocycles. The van der Waals surface area contributed by atoms with Crippen LogP contribution in [0.3, 0.4) is 0 Å². The summed E-state index contributed by atoms with van der Waals surface area (Å²) in [5, 5.41) is 15.2. The Morgan fingerprint density at radius 3 is 0.895 bits per heavy atom. The summed E-state index contributed by atoms with van der Waals surface area (Å²) in [5.74, 6) is 0. The van der Waals surface area contributed by atoms with Crippen molar-refractivity contribution >= 4 is 0 Å².